The number of halogens is 2. The van der Waals surface area contributed by atoms with Crippen LogP contribution >= 0.6 is 34.5 Å². The predicted molar refractivity (Wildman–Crippen MR) is 118 cm³/mol. The molecule has 1 aliphatic carbocycles. The van der Waals surface area contributed by atoms with Crippen LogP contribution in [0.4, 0.5) is 10.8 Å². The number of aliphatic carboxylic acids is 1. The lowest BCUT2D eigenvalue weighted by molar-refractivity contribution is -0.385. The Labute approximate surface area is 190 Å². The normalized spacial score (nSPS) is 13.6. The summed E-state index contributed by atoms with van der Waals surface area (Å²) in [6, 6.07) is 8.30. The van der Waals surface area contributed by atoms with Gasteiger partial charge in [-0.15, -0.1) is 5.11 Å². The van der Waals surface area contributed by atoms with E-state index in [9.17, 15) is 20.0 Å². The number of azo groups is 1. The number of hydrogen-bond acceptors (Lipinski definition) is 7. The summed E-state index contributed by atoms with van der Waals surface area (Å²) < 4.78 is 0. The summed E-state index contributed by atoms with van der Waals surface area (Å²) in [5, 5.41) is 29.9. The standard InChI is InChI=1S/C20H14Cl2N4O4S/c21-13-7-10-5-6-17-18(12(10)9-14(13)22)23-20(31-17)25-24-15(19(27)28)8-11-3-1-2-4-16(11)26(29)30/h1-4,7,9,15H,5-6,8H2,(H,27,28). The molecule has 3 aromatic rings. The van der Waals surface area contributed by atoms with Crippen molar-refractivity contribution in [2.75, 3.05) is 0 Å². The summed E-state index contributed by atoms with van der Waals surface area (Å²) >= 11 is 13.6. The van der Waals surface area contributed by atoms with E-state index in [0.29, 0.717) is 15.2 Å². The summed E-state index contributed by atoms with van der Waals surface area (Å²) in [5.74, 6) is -1.23. The van der Waals surface area contributed by atoms with Crippen LogP contribution in [0.1, 0.15) is 16.0 Å². The van der Waals surface area contributed by atoms with Gasteiger partial charge in [0.1, 0.15) is 0 Å². The van der Waals surface area contributed by atoms with Crippen LogP contribution in [0, 0.1) is 10.1 Å². The Morgan fingerprint density at radius 1 is 1.26 bits per heavy atom. The van der Waals surface area contributed by atoms with E-state index in [0.717, 1.165) is 34.5 Å². The Morgan fingerprint density at radius 3 is 2.74 bits per heavy atom. The number of rotatable bonds is 6. The lowest BCUT2D eigenvalue weighted by Crippen LogP contribution is -2.20. The fraction of sp³-hybridized carbons (Fsp3) is 0.200. The van der Waals surface area contributed by atoms with Gasteiger partial charge in [-0.1, -0.05) is 52.7 Å². The van der Waals surface area contributed by atoms with E-state index < -0.39 is 16.9 Å². The molecule has 1 unspecified atom stereocenters. The van der Waals surface area contributed by atoms with Crippen LogP contribution in [0.3, 0.4) is 0 Å². The highest BCUT2D eigenvalue weighted by molar-refractivity contribution is 7.15. The molecule has 0 fully saturated rings. The molecule has 1 N–H and O–H groups in total. The molecule has 0 spiro atoms. The topological polar surface area (TPSA) is 118 Å². The summed E-state index contributed by atoms with van der Waals surface area (Å²) in [4.78, 5) is 27.8. The van der Waals surface area contributed by atoms with E-state index in [1.54, 1.807) is 12.1 Å². The molecule has 1 heterocycles. The quantitative estimate of drug-likeness (QED) is 0.269. The fourth-order valence-electron chi connectivity index (χ4n) is 3.39. The molecule has 4 rings (SSSR count). The molecule has 1 atom stereocenters. The molecule has 0 bridgehead atoms. The maximum absolute atomic E-state index is 11.7. The van der Waals surface area contributed by atoms with Crippen LogP contribution in [-0.4, -0.2) is 27.0 Å². The van der Waals surface area contributed by atoms with Crippen molar-refractivity contribution in [2.45, 2.75) is 25.3 Å². The third-order valence-electron chi connectivity index (χ3n) is 4.88. The Hall–Kier alpha value is -2.88. The van der Waals surface area contributed by atoms with E-state index in [1.165, 1.54) is 29.5 Å². The molecule has 0 saturated heterocycles. The first-order valence-corrected chi connectivity index (χ1v) is 10.7. The van der Waals surface area contributed by atoms with Crippen molar-refractivity contribution < 1.29 is 14.8 Å². The molecule has 0 radical (unpaired) electrons. The number of para-hydroxylation sites is 1. The molecule has 0 amide bonds. The van der Waals surface area contributed by atoms with Gasteiger partial charge in [-0.3, -0.25) is 10.1 Å². The average Bonchev–Trinajstić information content (AvgIpc) is 3.15. The highest BCUT2D eigenvalue weighted by atomic mass is 35.5. The zero-order valence-corrected chi connectivity index (χ0v) is 18.1. The van der Waals surface area contributed by atoms with E-state index in [2.05, 4.69) is 15.2 Å². The van der Waals surface area contributed by atoms with Crippen molar-refractivity contribution in [1.82, 2.24) is 4.98 Å². The van der Waals surface area contributed by atoms with Crippen LogP contribution in [0.25, 0.3) is 11.3 Å². The minimum Gasteiger partial charge on any atom is -0.480 e. The number of nitro benzene ring substituents is 1. The van der Waals surface area contributed by atoms with Gasteiger partial charge in [-0.25, -0.2) is 9.78 Å². The monoisotopic (exact) mass is 476 g/mol. The van der Waals surface area contributed by atoms with Gasteiger partial charge >= 0.3 is 5.97 Å². The Balaban J connectivity index is 1.61. The van der Waals surface area contributed by atoms with Crippen molar-refractivity contribution >= 4 is 51.3 Å². The van der Waals surface area contributed by atoms with Gasteiger partial charge < -0.3 is 5.11 Å². The van der Waals surface area contributed by atoms with Gasteiger partial charge in [0, 0.05) is 28.5 Å². The second-order valence-corrected chi connectivity index (χ2v) is 8.73. The second-order valence-electron chi connectivity index (χ2n) is 6.85. The van der Waals surface area contributed by atoms with Gasteiger partial charge in [0.05, 0.1) is 20.7 Å². The van der Waals surface area contributed by atoms with Crippen molar-refractivity contribution in [1.29, 1.82) is 0 Å². The maximum atomic E-state index is 11.7. The number of nitrogens with zero attached hydrogens (tertiary/aromatic N) is 4. The molecular formula is C20H14Cl2N4O4S. The van der Waals surface area contributed by atoms with Gasteiger partial charge in [0.2, 0.25) is 5.13 Å². The highest BCUT2D eigenvalue weighted by Crippen LogP contribution is 2.42. The molecule has 11 heteroatoms. The van der Waals surface area contributed by atoms with Gasteiger partial charge in [0.25, 0.3) is 5.69 Å². The van der Waals surface area contributed by atoms with Gasteiger partial charge in [0.15, 0.2) is 6.04 Å². The number of carboxylic acid groups (broad SMARTS) is 1. The number of thiazole rings is 1. The zero-order valence-electron chi connectivity index (χ0n) is 15.8. The SMILES string of the molecule is O=C(O)C(Cc1ccccc1[N+](=O)[O-])N=Nc1nc2c(s1)CCc1cc(Cl)c(Cl)cc1-2. The fourth-order valence-corrected chi connectivity index (χ4v) is 4.64. The van der Waals surface area contributed by atoms with Crippen LogP contribution in [0.2, 0.25) is 10.0 Å². The second kappa shape index (κ2) is 8.70. The van der Waals surface area contributed by atoms with E-state index >= 15 is 0 Å². The summed E-state index contributed by atoms with van der Waals surface area (Å²) in [6.07, 6.45) is 1.39. The molecule has 8 nitrogen and oxygen atoms in total. The minimum atomic E-state index is -1.28. The number of nitro groups is 1. The smallest absolute Gasteiger partial charge is 0.330 e. The maximum Gasteiger partial charge on any atom is 0.330 e. The van der Waals surface area contributed by atoms with Gasteiger partial charge in [-0.2, -0.15) is 5.11 Å². The van der Waals surface area contributed by atoms with Crippen LogP contribution in [0.15, 0.2) is 46.6 Å². The number of hydrogen-bond donors (Lipinski definition) is 1. The average molecular weight is 477 g/mol. The molecular weight excluding hydrogens is 463 g/mol. The molecule has 1 aliphatic rings. The molecule has 31 heavy (non-hydrogen) atoms. The van der Waals surface area contributed by atoms with E-state index in [1.807, 2.05) is 6.07 Å². The lowest BCUT2D eigenvalue weighted by atomic mass is 9.93. The van der Waals surface area contributed by atoms with Crippen LogP contribution in [-0.2, 0) is 24.1 Å². The lowest BCUT2D eigenvalue weighted by Gasteiger charge is -2.15. The molecule has 0 aliphatic heterocycles. The first kappa shape index (κ1) is 21.4. The third kappa shape index (κ3) is 4.43. The third-order valence-corrected chi connectivity index (χ3v) is 6.60. The van der Waals surface area contributed by atoms with Crippen molar-refractivity contribution in [3.05, 3.63) is 72.6 Å². The molecule has 0 saturated carbocycles. The van der Waals surface area contributed by atoms with Crippen LogP contribution < -0.4 is 0 Å². The predicted octanol–water partition coefficient (Wildman–Crippen LogP) is 5.90. The number of aryl methyl sites for hydroxylation is 2. The summed E-state index contributed by atoms with van der Waals surface area (Å²) in [5.41, 5.74) is 2.78. The highest BCUT2D eigenvalue weighted by Gasteiger charge is 2.25. The number of carboxylic acids is 1. The molecule has 158 valence electrons. The van der Waals surface area contributed by atoms with Crippen LogP contribution in [0.5, 0.6) is 0 Å². The first-order chi connectivity index (χ1) is 14.8. The van der Waals surface area contributed by atoms with Gasteiger partial charge in [-0.05, 0) is 30.5 Å². The minimum absolute atomic E-state index is 0.152. The molecule has 2 aromatic carbocycles. The number of benzene rings is 2. The number of fused-ring (bicyclic) bond motifs is 3. The Bertz CT molecular complexity index is 1230. The van der Waals surface area contributed by atoms with Crippen molar-refractivity contribution in [2.24, 2.45) is 10.2 Å². The number of carbonyl (C=O) groups is 1. The summed E-state index contributed by atoms with van der Waals surface area (Å²) in [6.45, 7) is 0. The van der Waals surface area contributed by atoms with E-state index in [4.69, 9.17) is 23.2 Å². The Kier molecular flexibility index (Phi) is 5.99. The van der Waals surface area contributed by atoms with E-state index in [-0.39, 0.29) is 17.7 Å². The Morgan fingerprint density at radius 2 is 2.00 bits per heavy atom. The summed E-state index contributed by atoms with van der Waals surface area (Å²) in [7, 11) is 0. The largest absolute Gasteiger partial charge is 0.480 e. The number of aromatic nitrogens is 1. The molecule has 1 aromatic heterocycles. The zero-order chi connectivity index (χ0) is 22.1. The first-order valence-electron chi connectivity index (χ1n) is 9.17. The van der Waals surface area contributed by atoms with Crippen molar-refractivity contribution in [3.8, 4) is 11.3 Å². The van der Waals surface area contributed by atoms with Crippen molar-refractivity contribution in [3.63, 3.8) is 0 Å².